The first-order valence-electron chi connectivity index (χ1n) is 8.89. The zero-order valence-electron chi connectivity index (χ0n) is 13.7. The van der Waals surface area contributed by atoms with Crippen molar-refractivity contribution in [2.24, 2.45) is 41.4 Å². The summed E-state index contributed by atoms with van der Waals surface area (Å²) in [7, 11) is 0. The van der Waals surface area contributed by atoms with Gasteiger partial charge in [-0.25, -0.2) is 0 Å². The summed E-state index contributed by atoms with van der Waals surface area (Å²) < 4.78 is 6.02. The molecule has 1 saturated heterocycles. The highest BCUT2D eigenvalue weighted by molar-refractivity contribution is 5.99. The minimum absolute atomic E-state index is 0.0961. The molecule has 0 aromatic heterocycles. The molecule has 3 aliphatic carbocycles. The van der Waals surface area contributed by atoms with Crippen LogP contribution in [0.5, 0.6) is 0 Å². The fraction of sp³-hybridized carbons (Fsp3) is 0.789. The van der Waals surface area contributed by atoms with Gasteiger partial charge in [0.1, 0.15) is 0 Å². The lowest BCUT2D eigenvalue weighted by molar-refractivity contribution is -0.203. The number of allylic oxidation sites excluding steroid dienone is 2. The number of fused-ring (bicyclic) bond motifs is 5. The molecule has 2 saturated carbocycles. The molecule has 0 N–H and O–H groups in total. The Hall–Kier alpha value is -1.12. The van der Waals surface area contributed by atoms with E-state index in [1.165, 1.54) is 0 Å². The summed E-state index contributed by atoms with van der Waals surface area (Å²) in [5.41, 5.74) is -0.831. The van der Waals surface area contributed by atoms with Crippen LogP contribution in [-0.2, 0) is 14.3 Å². The molecule has 1 spiro atoms. The van der Waals surface area contributed by atoms with E-state index in [-0.39, 0.29) is 41.3 Å². The van der Waals surface area contributed by atoms with Crippen LogP contribution >= 0.6 is 0 Å². The summed E-state index contributed by atoms with van der Waals surface area (Å²) >= 11 is 0. The Morgan fingerprint density at radius 2 is 1.82 bits per heavy atom. The molecule has 1 heterocycles. The molecule has 2 bridgehead atoms. The molecule has 3 fully saturated rings. The van der Waals surface area contributed by atoms with Gasteiger partial charge in [0, 0.05) is 11.8 Å². The van der Waals surface area contributed by atoms with E-state index >= 15 is 0 Å². The number of ketones is 1. The minimum atomic E-state index is -0.831. The van der Waals surface area contributed by atoms with Gasteiger partial charge in [0.25, 0.3) is 0 Å². The van der Waals surface area contributed by atoms with E-state index in [2.05, 4.69) is 32.9 Å². The third-order valence-corrected chi connectivity index (χ3v) is 6.76. The van der Waals surface area contributed by atoms with Crippen molar-refractivity contribution in [2.75, 3.05) is 0 Å². The molecule has 0 unspecified atom stereocenters. The van der Waals surface area contributed by atoms with E-state index in [0.29, 0.717) is 11.8 Å². The van der Waals surface area contributed by atoms with Gasteiger partial charge in [-0.1, -0.05) is 39.3 Å². The van der Waals surface area contributed by atoms with Crippen molar-refractivity contribution < 1.29 is 14.3 Å². The van der Waals surface area contributed by atoms with Crippen molar-refractivity contribution in [1.82, 2.24) is 0 Å². The molecule has 7 atom stereocenters. The lowest BCUT2D eigenvalue weighted by Gasteiger charge is -2.51. The molecule has 3 heteroatoms. The molecule has 1 aliphatic heterocycles. The second-order valence-corrected chi connectivity index (χ2v) is 8.41. The van der Waals surface area contributed by atoms with Gasteiger partial charge in [0.2, 0.25) is 0 Å². The number of rotatable bonds is 1. The number of ether oxygens (including phenoxy) is 1. The number of esters is 1. The highest BCUT2D eigenvalue weighted by Crippen LogP contribution is 2.57. The van der Waals surface area contributed by atoms with Gasteiger partial charge in [0.15, 0.2) is 11.4 Å². The molecule has 0 aromatic carbocycles. The lowest BCUT2D eigenvalue weighted by Crippen LogP contribution is -2.62. The van der Waals surface area contributed by atoms with Crippen molar-refractivity contribution in [3.63, 3.8) is 0 Å². The van der Waals surface area contributed by atoms with E-state index in [1.807, 2.05) is 0 Å². The maximum Gasteiger partial charge on any atom is 0.311 e. The maximum atomic E-state index is 13.5. The molecular formula is C19H26O3. The monoisotopic (exact) mass is 302 g/mol. The Morgan fingerprint density at radius 1 is 1.14 bits per heavy atom. The van der Waals surface area contributed by atoms with E-state index in [4.69, 9.17) is 4.74 Å². The molecule has 0 aromatic rings. The van der Waals surface area contributed by atoms with Crippen LogP contribution in [0.2, 0.25) is 0 Å². The van der Waals surface area contributed by atoms with Gasteiger partial charge in [-0.2, -0.15) is 0 Å². The third kappa shape index (κ3) is 1.74. The van der Waals surface area contributed by atoms with Crippen molar-refractivity contribution in [2.45, 2.75) is 52.1 Å². The smallest absolute Gasteiger partial charge is 0.311 e. The Labute approximate surface area is 132 Å². The van der Waals surface area contributed by atoms with Crippen molar-refractivity contribution >= 4 is 11.8 Å². The Bertz CT molecular complexity index is 549. The van der Waals surface area contributed by atoms with Crippen LogP contribution in [0.3, 0.4) is 0 Å². The Balaban J connectivity index is 1.76. The first-order valence-corrected chi connectivity index (χ1v) is 8.89. The van der Waals surface area contributed by atoms with Gasteiger partial charge in [-0.3, -0.25) is 9.59 Å². The molecule has 4 rings (SSSR count). The standard InChI is InChI=1S/C19H26O3/c1-10(2)14-7-4-11(3)9-19(14)17(20)15-12-5-6-13(8-12)16(15)18(21)22-19/h5-6,10-16H,4,7-9H2,1-3H3/t11-,12+,13-,14+,15+,16-,19+/m1/s1. The van der Waals surface area contributed by atoms with Gasteiger partial charge in [0.05, 0.1) is 5.92 Å². The van der Waals surface area contributed by atoms with Gasteiger partial charge in [-0.15, -0.1) is 0 Å². The highest BCUT2D eigenvalue weighted by atomic mass is 16.6. The molecule has 22 heavy (non-hydrogen) atoms. The summed E-state index contributed by atoms with van der Waals surface area (Å²) in [6.45, 7) is 6.51. The van der Waals surface area contributed by atoms with E-state index in [9.17, 15) is 9.59 Å². The average Bonchev–Trinajstić information content (AvgIpc) is 3.05. The topological polar surface area (TPSA) is 43.4 Å². The second-order valence-electron chi connectivity index (χ2n) is 8.41. The van der Waals surface area contributed by atoms with Crippen LogP contribution in [0.15, 0.2) is 12.2 Å². The molecule has 0 radical (unpaired) electrons. The Kier molecular flexibility index (Phi) is 3.08. The van der Waals surface area contributed by atoms with Crippen LogP contribution in [0.1, 0.15) is 46.5 Å². The number of hydrogen-bond acceptors (Lipinski definition) is 3. The second kappa shape index (κ2) is 4.69. The van der Waals surface area contributed by atoms with E-state index < -0.39 is 5.60 Å². The Morgan fingerprint density at radius 3 is 2.50 bits per heavy atom. The van der Waals surface area contributed by atoms with Gasteiger partial charge >= 0.3 is 5.97 Å². The molecule has 0 amide bonds. The first-order chi connectivity index (χ1) is 10.4. The number of carbonyl (C=O) groups excluding carboxylic acids is 2. The summed E-state index contributed by atoms with van der Waals surface area (Å²) in [4.78, 5) is 26.2. The summed E-state index contributed by atoms with van der Waals surface area (Å²) in [6.07, 6.45) is 8.13. The van der Waals surface area contributed by atoms with E-state index in [1.54, 1.807) is 0 Å². The summed E-state index contributed by atoms with van der Waals surface area (Å²) in [5, 5.41) is 0. The van der Waals surface area contributed by atoms with Crippen LogP contribution in [-0.4, -0.2) is 17.4 Å². The molecule has 4 aliphatic rings. The van der Waals surface area contributed by atoms with Crippen LogP contribution in [0, 0.1) is 41.4 Å². The SMILES string of the molecule is CC(C)[C@@H]1CC[C@@H](C)C[C@]12OC(=O)[C@H]1[C@@H](C2=O)[C@H]2C=C[C@@H]1C2. The molecule has 3 nitrogen and oxygen atoms in total. The largest absolute Gasteiger partial charge is 0.450 e. The third-order valence-electron chi connectivity index (χ3n) is 6.76. The predicted octanol–water partition coefficient (Wildman–Crippen LogP) is 3.38. The van der Waals surface area contributed by atoms with Gasteiger partial charge < -0.3 is 4.74 Å². The molecular weight excluding hydrogens is 276 g/mol. The van der Waals surface area contributed by atoms with Gasteiger partial charge in [-0.05, 0) is 42.9 Å². The number of hydrogen-bond donors (Lipinski definition) is 0. The quantitative estimate of drug-likeness (QED) is 0.551. The van der Waals surface area contributed by atoms with Crippen molar-refractivity contribution in [3.8, 4) is 0 Å². The lowest BCUT2D eigenvalue weighted by atomic mass is 9.60. The van der Waals surface area contributed by atoms with Crippen LogP contribution < -0.4 is 0 Å². The zero-order valence-corrected chi connectivity index (χ0v) is 13.7. The van der Waals surface area contributed by atoms with Crippen LogP contribution in [0.4, 0.5) is 0 Å². The summed E-state index contributed by atoms with van der Waals surface area (Å²) in [5.74, 6) is 1.37. The highest BCUT2D eigenvalue weighted by Gasteiger charge is 2.65. The molecule has 120 valence electrons. The zero-order chi connectivity index (χ0) is 15.6. The number of Topliss-reactive ketones (excluding diaryl/α,β-unsaturated/α-hetero) is 1. The first kappa shape index (κ1) is 14.5. The van der Waals surface area contributed by atoms with Crippen LogP contribution in [0.25, 0.3) is 0 Å². The fourth-order valence-corrected chi connectivity index (χ4v) is 5.82. The van der Waals surface area contributed by atoms with Crippen molar-refractivity contribution in [3.05, 3.63) is 12.2 Å². The average molecular weight is 302 g/mol. The predicted molar refractivity (Wildman–Crippen MR) is 82.9 cm³/mol. The summed E-state index contributed by atoms with van der Waals surface area (Å²) in [6, 6.07) is 0. The normalized spacial score (nSPS) is 49.8. The fourth-order valence-electron chi connectivity index (χ4n) is 5.82. The maximum absolute atomic E-state index is 13.5. The minimum Gasteiger partial charge on any atom is -0.450 e. The number of carbonyl (C=O) groups is 2. The van der Waals surface area contributed by atoms with E-state index in [0.717, 1.165) is 25.7 Å². The van der Waals surface area contributed by atoms with Crippen molar-refractivity contribution in [1.29, 1.82) is 0 Å².